The van der Waals surface area contributed by atoms with Gasteiger partial charge in [0.05, 0.1) is 18.4 Å². The first-order valence-electron chi connectivity index (χ1n) is 10.1. The zero-order valence-corrected chi connectivity index (χ0v) is 17.2. The van der Waals surface area contributed by atoms with Gasteiger partial charge in [-0.1, -0.05) is 30.3 Å². The maximum atomic E-state index is 12.6. The highest BCUT2D eigenvalue weighted by Crippen LogP contribution is 2.26. The van der Waals surface area contributed by atoms with Gasteiger partial charge in [-0.2, -0.15) is 0 Å². The van der Waals surface area contributed by atoms with Crippen molar-refractivity contribution in [1.82, 2.24) is 9.97 Å². The van der Waals surface area contributed by atoms with E-state index in [1.807, 2.05) is 36.4 Å². The molecule has 1 fully saturated rings. The van der Waals surface area contributed by atoms with Gasteiger partial charge in [0, 0.05) is 37.1 Å². The Bertz CT molecular complexity index is 1060. The van der Waals surface area contributed by atoms with E-state index < -0.39 is 5.97 Å². The minimum Gasteiger partial charge on any atom is -0.465 e. The molecule has 1 amide bonds. The standard InChI is InChI=1S/C24H23N3O4/c1-30-24(29)20-13-21(17-6-4-16(5-7-17)19-3-2-10-25-15-19)26-22(14-20)27-23(28)18-8-11-31-12-9-18/h2-7,10,13-15,18H,8-9,11-12H2,1H3,(H,26,27,28). The molecule has 31 heavy (non-hydrogen) atoms. The summed E-state index contributed by atoms with van der Waals surface area (Å²) in [5, 5.41) is 2.86. The Hall–Kier alpha value is -3.58. The van der Waals surface area contributed by atoms with Crippen LogP contribution in [0.15, 0.2) is 60.9 Å². The number of ether oxygens (including phenoxy) is 2. The number of aromatic nitrogens is 2. The second-order valence-electron chi connectivity index (χ2n) is 7.31. The molecular weight excluding hydrogens is 394 g/mol. The lowest BCUT2D eigenvalue weighted by Crippen LogP contribution is -2.29. The molecule has 0 spiro atoms. The predicted molar refractivity (Wildman–Crippen MR) is 116 cm³/mol. The smallest absolute Gasteiger partial charge is 0.338 e. The molecule has 1 aliphatic rings. The first-order chi connectivity index (χ1) is 15.1. The van der Waals surface area contributed by atoms with Crippen LogP contribution in [0.3, 0.4) is 0 Å². The topological polar surface area (TPSA) is 90.4 Å². The summed E-state index contributed by atoms with van der Waals surface area (Å²) in [6.45, 7) is 1.14. The number of pyridine rings is 2. The largest absolute Gasteiger partial charge is 0.465 e. The van der Waals surface area contributed by atoms with Gasteiger partial charge in [0.2, 0.25) is 5.91 Å². The number of amides is 1. The molecule has 2 aromatic heterocycles. The Morgan fingerprint density at radius 3 is 2.45 bits per heavy atom. The van der Waals surface area contributed by atoms with Crippen molar-refractivity contribution >= 4 is 17.7 Å². The minimum atomic E-state index is -0.489. The van der Waals surface area contributed by atoms with E-state index in [-0.39, 0.29) is 11.8 Å². The quantitative estimate of drug-likeness (QED) is 0.632. The molecule has 0 atom stereocenters. The van der Waals surface area contributed by atoms with Crippen molar-refractivity contribution in [2.24, 2.45) is 5.92 Å². The van der Waals surface area contributed by atoms with Gasteiger partial charge >= 0.3 is 5.97 Å². The first kappa shape index (κ1) is 20.7. The second-order valence-corrected chi connectivity index (χ2v) is 7.31. The molecule has 0 aliphatic carbocycles. The Labute approximate surface area is 180 Å². The maximum absolute atomic E-state index is 12.6. The molecule has 1 aliphatic heterocycles. The zero-order valence-electron chi connectivity index (χ0n) is 17.2. The number of hydrogen-bond acceptors (Lipinski definition) is 6. The SMILES string of the molecule is COC(=O)c1cc(NC(=O)C2CCOCC2)nc(-c2ccc(-c3cccnc3)cc2)c1. The Kier molecular flexibility index (Phi) is 6.33. The first-order valence-corrected chi connectivity index (χ1v) is 10.1. The summed E-state index contributed by atoms with van der Waals surface area (Å²) in [4.78, 5) is 33.6. The highest BCUT2D eigenvalue weighted by molar-refractivity contribution is 5.95. The highest BCUT2D eigenvalue weighted by Gasteiger charge is 2.22. The average molecular weight is 417 g/mol. The van der Waals surface area contributed by atoms with Gasteiger partial charge in [-0.05, 0) is 42.2 Å². The van der Waals surface area contributed by atoms with Crippen molar-refractivity contribution in [3.63, 3.8) is 0 Å². The third kappa shape index (κ3) is 4.95. The van der Waals surface area contributed by atoms with E-state index >= 15 is 0 Å². The zero-order chi connectivity index (χ0) is 21.6. The van der Waals surface area contributed by atoms with E-state index in [4.69, 9.17) is 9.47 Å². The van der Waals surface area contributed by atoms with Crippen LogP contribution in [0, 0.1) is 5.92 Å². The maximum Gasteiger partial charge on any atom is 0.338 e. The molecule has 7 heteroatoms. The van der Waals surface area contributed by atoms with Crippen LogP contribution in [0.5, 0.6) is 0 Å². The summed E-state index contributed by atoms with van der Waals surface area (Å²) < 4.78 is 10.2. The van der Waals surface area contributed by atoms with E-state index in [0.29, 0.717) is 43.1 Å². The van der Waals surface area contributed by atoms with Crippen molar-refractivity contribution in [3.05, 3.63) is 66.5 Å². The highest BCUT2D eigenvalue weighted by atomic mass is 16.5. The number of anilines is 1. The number of carbonyl (C=O) groups excluding carboxylic acids is 2. The van der Waals surface area contributed by atoms with Crippen LogP contribution < -0.4 is 5.32 Å². The molecule has 3 aromatic rings. The molecule has 0 radical (unpaired) electrons. The molecule has 1 saturated heterocycles. The molecule has 4 rings (SSSR count). The molecular formula is C24H23N3O4. The van der Waals surface area contributed by atoms with Gasteiger partial charge in [0.1, 0.15) is 5.82 Å². The molecule has 0 bridgehead atoms. The molecule has 0 unspecified atom stereocenters. The van der Waals surface area contributed by atoms with Gasteiger partial charge in [-0.15, -0.1) is 0 Å². The van der Waals surface area contributed by atoms with Gasteiger partial charge in [-0.25, -0.2) is 9.78 Å². The Balaban J connectivity index is 1.62. The predicted octanol–water partition coefficient (Wildman–Crippen LogP) is 3.96. The fourth-order valence-electron chi connectivity index (χ4n) is 3.53. The molecule has 7 nitrogen and oxygen atoms in total. The van der Waals surface area contributed by atoms with Crippen LogP contribution in [0.25, 0.3) is 22.4 Å². The average Bonchev–Trinajstić information content (AvgIpc) is 2.84. The van der Waals surface area contributed by atoms with Gasteiger partial charge < -0.3 is 14.8 Å². The van der Waals surface area contributed by atoms with Crippen LogP contribution >= 0.6 is 0 Å². The lowest BCUT2D eigenvalue weighted by atomic mass is 9.99. The lowest BCUT2D eigenvalue weighted by molar-refractivity contribution is -0.122. The van der Waals surface area contributed by atoms with E-state index in [2.05, 4.69) is 15.3 Å². The number of benzene rings is 1. The number of esters is 1. The van der Waals surface area contributed by atoms with Crippen molar-refractivity contribution < 1.29 is 19.1 Å². The molecule has 1 aromatic carbocycles. The molecule has 0 saturated carbocycles. The van der Waals surface area contributed by atoms with Crippen molar-refractivity contribution in [2.45, 2.75) is 12.8 Å². The van der Waals surface area contributed by atoms with Crippen LogP contribution in [-0.2, 0) is 14.3 Å². The summed E-state index contributed by atoms with van der Waals surface area (Å²) in [6.07, 6.45) is 4.88. The third-order valence-electron chi connectivity index (χ3n) is 5.27. The molecule has 158 valence electrons. The summed E-state index contributed by atoms with van der Waals surface area (Å²) in [6, 6.07) is 14.9. The van der Waals surface area contributed by atoms with Crippen LogP contribution in [0.2, 0.25) is 0 Å². The van der Waals surface area contributed by atoms with E-state index in [1.54, 1.807) is 18.5 Å². The third-order valence-corrected chi connectivity index (χ3v) is 5.27. The summed E-state index contributed by atoms with van der Waals surface area (Å²) >= 11 is 0. The Morgan fingerprint density at radius 2 is 1.77 bits per heavy atom. The molecule has 1 N–H and O–H groups in total. The number of rotatable bonds is 5. The van der Waals surface area contributed by atoms with E-state index in [9.17, 15) is 9.59 Å². The normalized spacial score (nSPS) is 14.1. The summed E-state index contributed by atoms with van der Waals surface area (Å²) in [7, 11) is 1.32. The van der Waals surface area contributed by atoms with Gasteiger partial charge in [0.15, 0.2) is 0 Å². The monoisotopic (exact) mass is 417 g/mol. The van der Waals surface area contributed by atoms with Crippen molar-refractivity contribution in [1.29, 1.82) is 0 Å². The van der Waals surface area contributed by atoms with Gasteiger partial charge in [0.25, 0.3) is 0 Å². The van der Waals surface area contributed by atoms with Crippen molar-refractivity contribution in [2.75, 3.05) is 25.6 Å². The minimum absolute atomic E-state index is 0.115. The van der Waals surface area contributed by atoms with Crippen molar-refractivity contribution in [3.8, 4) is 22.4 Å². The van der Waals surface area contributed by atoms with E-state index in [1.165, 1.54) is 13.2 Å². The summed E-state index contributed by atoms with van der Waals surface area (Å²) in [5.41, 5.74) is 3.75. The fraction of sp³-hybridized carbons (Fsp3) is 0.250. The second kappa shape index (κ2) is 9.49. The van der Waals surface area contributed by atoms with Gasteiger partial charge in [-0.3, -0.25) is 9.78 Å². The number of nitrogens with one attached hydrogen (secondary N) is 1. The Morgan fingerprint density at radius 1 is 1.03 bits per heavy atom. The summed E-state index contributed by atoms with van der Waals surface area (Å²) in [5.74, 6) is -0.404. The number of carbonyl (C=O) groups is 2. The number of methoxy groups -OCH3 is 1. The van der Waals surface area contributed by atoms with E-state index in [0.717, 1.165) is 16.7 Å². The fourth-order valence-corrected chi connectivity index (χ4v) is 3.53. The van der Waals surface area contributed by atoms with Crippen LogP contribution in [0.1, 0.15) is 23.2 Å². The lowest BCUT2D eigenvalue weighted by Gasteiger charge is -2.21. The number of hydrogen-bond donors (Lipinski definition) is 1. The number of nitrogens with zero attached hydrogens (tertiary/aromatic N) is 2. The molecule has 3 heterocycles. The van der Waals surface area contributed by atoms with Crippen LogP contribution in [-0.4, -0.2) is 42.2 Å². The van der Waals surface area contributed by atoms with Crippen LogP contribution in [0.4, 0.5) is 5.82 Å².